The van der Waals surface area contributed by atoms with Crippen molar-refractivity contribution in [1.29, 1.82) is 0 Å². The maximum Gasteiger partial charge on any atom is 0.260 e. The van der Waals surface area contributed by atoms with Crippen molar-refractivity contribution in [3.05, 3.63) is 58.3 Å². The van der Waals surface area contributed by atoms with Crippen molar-refractivity contribution in [3.8, 4) is 5.75 Å². The number of anilines is 2. The number of amides is 2. The molecule has 1 atom stereocenters. The molecule has 0 bridgehead atoms. The second-order valence-electron chi connectivity index (χ2n) is 7.96. The van der Waals surface area contributed by atoms with Crippen LogP contribution in [-0.2, 0) is 4.79 Å². The van der Waals surface area contributed by atoms with Crippen LogP contribution in [0.2, 0.25) is 0 Å². The Hall–Kier alpha value is -3.95. The zero-order chi connectivity index (χ0) is 22.4. The predicted molar refractivity (Wildman–Crippen MR) is 116 cm³/mol. The van der Waals surface area contributed by atoms with Gasteiger partial charge < -0.3 is 20.3 Å². The molecule has 0 radical (unpaired) electrons. The normalized spacial score (nSPS) is 17.8. The summed E-state index contributed by atoms with van der Waals surface area (Å²) in [6.07, 6.45) is 6.05. The quantitative estimate of drug-likeness (QED) is 0.653. The molecule has 0 spiro atoms. The van der Waals surface area contributed by atoms with Crippen molar-refractivity contribution in [3.63, 3.8) is 0 Å². The lowest BCUT2D eigenvalue weighted by Crippen LogP contribution is -2.43. The number of fused-ring (bicyclic) bond motifs is 2. The summed E-state index contributed by atoms with van der Waals surface area (Å²) in [6.45, 7) is 3.17. The molecule has 32 heavy (non-hydrogen) atoms. The van der Waals surface area contributed by atoms with Crippen LogP contribution in [-0.4, -0.2) is 56.8 Å². The SMILES string of the molecule is Cc1cnc2cc(N3CCOc4cc(C(=O)N5CCC[C@H]5C(N)=O)cnc43)ccn2c1=O. The van der Waals surface area contributed by atoms with Crippen LogP contribution in [0.25, 0.3) is 5.65 Å². The molecule has 10 heteroatoms. The minimum atomic E-state index is -0.590. The van der Waals surface area contributed by atoms with Crippen molar-refractivity contribution in [2.75, 3.05) is 24.6 Å². The zero-order valence-corrected chi connectivity index (χ0v) is 17.5. The molecule has 0 saturated carbocycles. The molecule has 5 heterocycles. The molecule has 0 aromatic carbocycles. The molecular weight excluding hydrogens is 412 g/mol. The summed E-state index contributed by atoms with van der Waals surface area (Å²) in [4.78, 5) is 49.3. The van der Waals surface area contributed by atoms with Crippen molar-refractivity contribution >= 4 is 29.0 Å². The van der Waals surface area contributed by atoms with E-state index in [0.29, 0.717) is 54.5 Å². The molecule has 2 aliphatic heterocycles. The Balaban J connectivity index is 1.48. The standard InChI is InChI=1S/C22H22N6O4/c1-13-11-24-18-10-15(4-6-28(18)21(13)30)26-7-8-32-17-9-14(12-25-20(17)26)22(31)27-5-2-3-16(27)19(23)29/h4,6,9-12,16H,2-3,5,7-8H2,1H3,(H2,23,29)/t16-/m0/s1. The van der Waals surface area contributed by atoms with Crippen LogP contribution in [0.1, 0.15) is 28.8 Å². The number of pyridine rings is 2. The summed E-state index contributed by atoms with van der Waals surface area (Å²) in [5.74, 6) is 0.265. The van der Waals surface area contributed by atoms with Crippen LogP contribution in [0.15, 0.2) is 41.6 Å². The third kappa shape index (κ3) is 3.24. The molecule has 1 saturated heterocycles. The Morgan fingerprint density at radius 1 is 1.19 bits per heavy atom. The smallest absolute Gasteiger partial charge is 0.260 e. The molecule has 3 aromatic rings. The molecule has 3 aromatic heterocycles. The summed E-state index contributed by atoms with van der Waals surface area (Å²) in [5.41, 5.74) is 7.60. The van der Waals surface area contributed by atoms with Gasteiger partial charge in [-0.3, -0.25) is 18.8 Å². The lowest BCUT2D eigenvalue weighted by Gasteiger charge is -2.30. The minimum absolute atomic E-state index is 0.110. The highest BCUT2D eigenvalue weighted by atomic mass is 16.5. The van der Waals surface area contributed by atoms with E-state index in [-0.39, 0.29) is 11.5 Å². The van der Waals surface area contributed by atoms with Gasteiger partial charge in [0.1, 0.15) is 18.3 Å². The highest BCUT2D eigenvalue weighted by Gasteiger charge is 2.34. The van der Waals surface area contributed by atoms with Crippen molar-refractivity contribution in [1.82, 2.24) is 19.3 Å². The van der Waals surface area contributed by atoms with Gasteiger partial charge in [-0.2, -0.15) is 0 Å². The van der Waals surface area contributed by atoms with Gasteiger partial charge in [-0.05, 0) is 31.9 Å². The monoisotopic (exact) mass is 434 g/mol. The molecule has 2 N–H and O–H groups in total. The number of carbonyl (C=O) groups is 2. The Morgan fingerprint density at radius 2 is 2.03 bits per heavy atom. The highest BCUT2D eigenvalue weighted by Crippen LogP contribution is 2.36. The third-order valence-corrected chi connectivity index (χ3v) is 5.93. The van der Waals surface area contributed by atoms with E-state index in [4.69, 9.17) is 10.5 Å². The Labute approximate surface area is 183 Å². The Kier molecular flexibility index (Phi) is 4.76. The van der Waals surface area contributed by atoms with Gasteiger partial charge in [0.05, 0.1) is 12.1 Å². The first kappa shape index (κ1) is 20.0. The fourth-order valence-electron chi connectivity index (χ4n) is 4.26. The zero-order valence-electron chi connectivity index (χ0n) is 17.5. The number of carbonyl (C=O) groups excluding carboxylic acids is 2. The van der Waals surface area contributed by atoms with E-state index in [1.165, 1.54) is 15.5 Å². The van der Waals surface area contributed by atoms with Crippen molar-refractivity contribution in [2.24, 2.45) is 5.73 Å². The molecule has 164 valence electrons. The molecular formula is C22H22N6O4. The van der Waals surface area contributed by atoms with Gasteiger partial charge in [0.15, 0.2) is 11.6 Å². The molecule has 5 rings (SSSR count). The highest BCUT2D eigenvalue weighted by molar-refractivity contribution is 5.98. The lowest BCUT2D eigenvalue weighted by atomic mass is 10.1. The summed E-state index contributed by atoms with van der Waals surface area (Å²) >= 11 is 0. The van der Waals surface area contributed by atoms with E-state index in [2.05, 4.69) is 9.97 Å². The first-order valence-corrected chi connectivity index (χ1v) is 10.4. The lowest BCUT2D eigenvalue weighted by molar-refractivity contribution is -0.121. The van der Waals surface area contributed by atoms with Crippen LogP contribution in [0.4, 0.5) is 11.5 Å². The maximum atomic E-state index is 13.0. The van der Waals surface area contributed by atoms with Gasteiger partial charge in [0.2, 0.25) is 5.91 Å². The van der Waals surface area contributed by atoms with Gasteiger partial charge in [-0.25, -0.2) is 9.97 Å². The van der Waals surface area contributed by atoms with Crippen molar-refractivity contribution in [2.45, 2.75) is 25.8 Å². The van der Waals surface area contributed by atoms with Gasteiger partial charge in [0.25, 0.3) is 11.5 Å². The summed E-state index contributed by atoms with van der Waals surface area (Å²) < 4.78 is 7.29. The number of hydrogen-bond donors (Lipinski definition) is 1. The number of rotatable bonds is 3. The number of hydrogen-bond acceptors (Lipinski definition) is 7. The van der Waals surface area contributed by atoms with Crippen LogP contribution in [0, 0.1) is 6.92 Å². The summed E-state index contributed by atoms with van der Waals surface area (Å²) in [6, 6.07) is 4.71. The molecule has 1 fully saturated rings. The Bertz CT molecular complexity index is 1300. The average molecular weight is 434 g/mol. The molecule has 0 aliphatic carbocycles. The van der Waals surface area contributed by atoms with E-state index in [1.54, 1.807) is 25.4 Å². The number of nitrogens with zero attached hydrogens (tertiary/aromatic N) is 5. The number of aryl methyl sites for hydroxylation is 1. The Morgan fingerprint density at radius 3 is 2.84 bits per heavy atom. The van der Waals surface area contributed by atoms with Crippen LogP contribution in [0.5, 0.6) is 5.75 Å². The second-order valence-corrected chi connectivity index (χ2v) is 7.96. The first-order valence-electron chi connectivity index (χ1n) is 10.4. The van der Waals surface area contributed by atoms with Gasteiger partial charge in [-0.15, -0.1) is 0 Å². The van der Waals surface area contributed by atoms with E-state index in [0.717, 1.165) is 12.1 Å². The number of ether oxygens (including phenoxy) is 1. The molecule has 2 amide bonds. The molecule has 10 nitrogen and oxygen atoms in total. The fraction of sp³-hybridized carbons (Fsp3) is 0.318. The third-order valence-electron chi connectivity index (χ3n) is 5.93. The van der Waals surface area contributed by atoms with Gasteiger partial charge in [0, 0.05) is 42.5 Å². The average Bonchev–Trinajstić information content (AvgIpc) is 3.30. The number of aromatic nitrogens is 3. The van der Waals surface area contributed by atoms with Crippen LogP contribution < -0.4 is 20.9 Å². The predicted octanol–water partition coefficient (Wildman–Crippen LogP) is 1.02. The molecule has 0 unspecified atom stereocenters. The molecule has 2 aliphatic rings. The number of nitrogens with two attached hydrogens (primary N) is 1. The largest absolute Gasteiger partial charge is 0.488 e. The van der Waals surface area contributed by atoms with E-state index < -0.39 is 11.9 Å². The van der Waals surface area contributed by atoms with Gasteiger partial charge in [-0.1, -0.05) is 0 Å². The van der Waals surface area contributed by atoms with E-state index in [1.807, 2.05) is 17.0 Å². The van der Waals surface area contributed by atoms with Gasteiger partial charge >= 0.3 is 0 Å². The summed E-state index contributed by atoms with van der Waals surface area (Å²) in [5, 5.41) is 0. The number of likely N-dealkylation sites (tertiary alicyclic amines) is 1. The van der Waals surface area contributed by atoms with E-state index in [9.17, 15) is 14.4 Å². The van der Waals surface area contributed by atoms with Crippen LogP contribution in [0.3, 0.4) is 0 Å². The summed E-state index contributed by atoms with van der Waals surface area (Å²) in [7, 11) is 0. The van der Waals surface area contributed by atoms with Crippen molar-refractivity contribution < 1.29 is 14.3 Å². The fourth-order valence-corrected chi connectivity index (χ4v) is 4.26. The topological polar surface area (TPSA) is 123 Å². The van der Waals surface area contributed by atoms with E-state index >= 15 is 0 Å². The maximum absolute atomic E-state index is 13.0. The number of primary amides is 1. The van der Waals surface area contributed by atoms with Crippen LogP contribution >= 0.6 is 0 Å². The second kappa shape index (κ2) is 7.63. The minimum Gasteiger partial charge on any atom is -0.488 e. The first-order chi connectivity index (χ1) is 15.4.